The molecule has 0 unspecified atom stereocenters. The maximum atomic E-state index is 4.37. The number of hydrogen-bond acceptors (Lipinski definition) is 3. The number of aromatic nitrogens is 3. The van der Waals surface area contributed by atoms with Crippen molar-refractivity contribution >= 4 is 11.0 Å². The molecule has 0 amide bonds. The van der Waals surface area contributed by atoms with Crippen LogP contribution in [0, 0.1) is 0 Å². The number of aryl methyl sites for hydroxylation is 1. The van der Waals surface area contributed by atoms with Crippen molar-refractivity contribution in [2.24, 2.45) is 0 Å². The lowest BCUT2D eigenvalue weighted by Gasteiger charge is -2.28. The summed E-state index contributed by atoms with van der Waals surface area (Å²) in [6.07, 6.45) is 4.78. The molecule has 1 aliphatic rings. The zero-order chi connectivity index (χ0) is 10.3. The first-order valence-electron chi connectivity index (χ1n) is 5.40. The van der Waals surface area contributed by atoms with Gasteiger partial charge in [0.15, 0.2) is 0 Å². The van der Waals surface area contributed by atoms with Crippen LogP contribution in [0.4, 0.5) is 0 Å². The van der Waals surface area contributed by atoms with Crippen LogP contribution in [0.3, 0.4) is 0 Å². The zero-order valence-corrected chi connectivity index (χ0v) is 8.77. The summed E-state index contributed by atoms with van der Waals surface area (Å²) in [7, 11) is 0. The summed E-state index contributed by atoms with van der Waals surface area (Å²) in [5.41, 5.74) is 3.35. The van der Waals surface area contributed by atoms with Gasteiger partial charge in [0, 0.05) is 18.8 Å². The number of rotatable bonds is 2. The van der Waals surface area contributed by atoms with E-state index in [1.807, 2.05) is 12.5 Å². The van der Waals surface area contributed by atoms with Crippen molar-refractivity contribution in [2.45, 2.75) is 19.4 Å². The summed E-state index contributed by atoms with van der Waals surface area (Å²) in [5.74, 6) is 0. The molecular formula is C11H14N4. The van der Waals surface area contributed by atoms with E-state index in [9.17, 15) is 0 Å². The van der Waals surface area contributed by atoms with Crippen LogP contribution in [0.5, 0.6) is 0 Å². The molecule has 0 aromatic carbocycles. The van der Waals surface area contributed by atoms with E-state index < -0.39 is 0 Å². The maximum Gasteiger partial charge on any atom is 0.107 e. The third-order valence-corrected chi connectivity index (χ3v) is 3.03. The van der Waals surface area contributed by atoms with Gasteiger partial charge in [-0.3, -0.25) is 4.98 Å². The molecule has 1 fully saturated rings. The lowest BCUT2D eigenvalue weighted by molar-refractivity contribution is 0.350. The lowest BCUT2D eigenvalue weighted by atomic mass is 10.1. The van der Waals surface area contributed by atoms with E-state index in [-0.39, 0.29) is 0 Å². The molecule has 4 heteroatoms. The number of fused-ring (bicyclic) bond motifs is 1. The molecule has 1 N–H and O–H groups in total. The maximum absolute atomic E-state index is 4.37. The summed E-state index contributed by atoms with van der Waals surface area (Å²) in [4.78, 5) is 8.72. The molecule has 0 spiro atoms. The first-order valence-corrected chi connectivity index (χ1v) is 5.40. The van der Waals surface area contributed by atoms with Gasteiger partial charge < -0.3 is 9.88 Å². The quantitative estimate of drug-likeness (QED) is 0.794. The Kier molecular flexibility index (Phi) is 1.95. The highest BCUT2D eigenvalue weighted by molar-refractivity contribution is 5.74. The Bertz CT molecular complexity index is 484. The first kappa shape index (κ1) is 8.85. The van der Waals surface area contributed by atoms with E-state index in [0.717, 1.165) is 30.7 Å². The normalized spacial score (nSPS) is 16.9. The fourth-order valence-corrected chi connectivity index (χ4v) is 1.93. The SMILES string of the molecule is CCc1cc2c(cn1)ncn2C1CNC1. The monoisotopic (exact) mass is 202 g/mol. The van der Waals surface area contributed by atoms with Gasteiger partial charge in [-0.1, -0.05) is 6.92 Å². The predicted molar refractivity (Wildman–Crippen MR) is 58.8 cm³/mol. The molecule has 1 saturated heterocycles. The van der Waals surface area contributed by atoms with Crippen molar-refractivity contribution in [2.75, 3.05) is 13.1 Å². The van der Waals surface area contributed by atoms with Crippen molar-refractivity contribution in [3.05, 3.63) is 24.3 Å². The van der Waals surface area contributed by atoms with Gasteiger partial charge in [-0.15, -0.1) is 0 Å². The van der Waals surface area contributed by atoms with Crippen LogP contribution in [-0.2, 0) is 6.42 Å². The molecular weight excluding hydrogens is 188 g/mol. The van der Waals surface area contributed by atoms with Crippen LogP contribution >= 0.6 is 0 Å². The smallest absolute Gasteiger partial charge is 0.107 e. The Balaban J connectivity index is 2.13. The highest BCUT2D eigenvalue weighted by Gasteiger charge is 2.20. The molecule has 4 nitrogen and oxygen atoms in total. The Morgan fingerprint density at radius 2 is 2.33 bits per heavy atom. The van der Waals surface area contributed by atoms with E-state index in [1.165, 1.54) is 5.52 Å². The summed E-state index contributed by atoms with van der Waals surface area (Å²) < 4.78 is 2.26. The van der Waals surface area contributed by atoms with E-state index in [1.54, 1.807) is 0 Å². The van der Waals surface area contributed by atoms with Crippen molar-refractivity contribution in [1.82, 2.24) is 19.9 Å². The second-order valence-electron chi connectivity index (χ2n) is 3.98. The van der Waals surface area contributed by atoms with E-state index in [2.05, 4.69) is 32.8 Å². The number of hydrogen-bond donors (Lipinski definition) is 1. The molecule has 0 atom stereocenters. The van der Waals surface area contributed by atoms with E-state index in [0.29, 0.717) is 6.04 Å². The van der Waals surface area contributed by atoms with Crippen LogP contribution < -0.4 is 5.32 Å². The number of nitrogens with zero attached hydrogens (tertiary/aromatic N) is 3. The molecule has 0 radical (unpaired) electrons. The molecule has 3 heterocycles. The predicted octanol–water partition coefficient (Wildman–Crippen LogP) is 1.14. The van der Waals surface area contributed by atoms with Crippen molar-refractivity contribution < 1.29 is 0 Å². The van der Waals surface area contributed by atoms with Crippen molar-refractivity contribution in [3.63, 3.8) is 0 Å². The van der Waals surface area contributed by atoms with Crippen LogP contribution in [0.2, 0.25) is 0 Å². The van der Waals surface area contributed by atoms with E-state index in [4.69, 9.17) is 0 Å². The average molecular weight is 202 g/mol. The Labute approximate surface area is 88.3 Å². The zero-order valence-electron chi connectivity index (χ0n) is 8.77. The minimum atomic E-state index is 0.571. The molecule has 1 aliphatic heterocycles. The summed E-state index contributed by atoms with van der Waals surface area (Å²) in [5, 5.41) is 3.28. The van der Waals surface area contributed by atoms with Crippen LogP contribution in [-0.4, -0.2) is 27.6 Å². The van der Waals surface area contributed by atoms with Crippen molar-refractivity contribution in [1.29, 1.82) is 0 Å². The second-order valence-corrected chi connectivity index (χ2v) is 3.98. The van der Waals surface area contributed by atoms with E-state index >= 15 is 0 Å². The summed E-state index contributed by atoms with van der Waals surface area (Å²) in [6, 6.07) is 2.72. The Morgan fingerprint density at radius 1 is 1.47 bits per heavy atom. The molecule has 0 bridgehead atoms. The third kappa shape index (κ3) is 1.33. The number of nitrogens with one attached hydrogen (secondary N) is 1. The minimum absolute atomic E-state index is 0.571. The third-order valence-electron chi connectivity index (χ3n) is 3.03. The van der Waals surface area contributed by atoms with Crippen LogP contribution in [0.1, 0.15) is 18.7 Å². The van der Waals surface area contributed by atoms with Gasteiger partial charge in [-0.2, -0.15) is 0 Å². The topological polar surface area (TPSA) is 42.7 Å². The van der Waals surface area contributed by atoms with Gasteiger partial charge in [0.25, 0.3) is 0 Å². The summed E-state index contributed by atoms with van der Waals surface area (Å²) in [6.45, 7) is 4.23. The molecule has 2 aromatic heterocycles. The van der Waals surface area contributed by atoms with Gasteiger partial charge in [-0.25, -0.2) is 4.98 Å². The molecule has 15 heavy (non-hydrogen) atoms. The van der Waals surface area contributed by atoms with Gasteiger partial charge in [-0.05, 0) is 12.5 Å². The molecule has 3 rings (SSSR count). The van der Waals surface area contributed by atoms with Crippen molar-refractivity contribution in [3.8, 4) is 0 Å². The highest BCUT2D eigenvalue weighted by atomic mass is 15.2. The lowest BCUT2D eigenvalue weighted by Crippen LogP contribution is -2.43. The first-order chi connectivity index (χ1) is 7.38. The van der Waals surface area contributed by atoms with Crippen LogP contribution in [0.15, 0.2) is 18.6 Å². The molecule has 2 aromatic rings. The number of pyridine rings is 1. The Morgan fingerprint density at radius 3 is 3.00 bits per heavy atom. The average Bonchev–Trinajstić information content (AvgIpc) is 2.59. The highest BCUT2D eigenvalue weighted by Crippen LogP contribution is 2.20. The largest absolute Gasteiger partial charge is 0.325 e. The molecule has 0 aliphatic carbocycles. The van der Waals surface area contributed by atoms with Gasteiger partial charge in [0.05, 0.1) is 24.1 Å². The molecule has 78 valence electrons. The fourth-order valence-electron chi connectivity index (χ4n) is 1.93. The number of imidazole rings is 1. The van der Waals surface area contributed by atoms with Gasteiger partial charge in [0.1, 0.15) is 5.52 Å². The van der Waals surface area contributed by atoms with Crippen LogP contribution in [0.25, 0.3) is 11.0 Å². The fraction of sp³-hybridized carbons (Fsp3) is 0.455. The standard InChI is InChI=1S/C11H14N4/c1-2-8-3-11-10(6-13-8)14-7-15(11)9-4-12-5-9/h3,6-7,9,12H,2,4-5H2,1H3. The van der Waals surface area contributed by atoms with Gasteiger partial charge in [0.2, 0.25) is 0 Å². The Hall–Kier alpha value is -1.42. The van der Waals surface area contributed by atoms with Gasteiger partial charge >= 0.3 is 0 Å². The summed E-state index contributed by atoms with van der Waals surface area (Å²) >= 11 is 0. The molecule has 0 saturated carbocycles. The minimum Gasteiger partial charge on any atom is -0.325 e. The second kappa shape index (κ2) is 3.31.